The zero-order valence-electron chi connectivity index (χ0n) is 11.6. The second kappa shape index (κ2) is 5.28. The quantitative estimate of drug-likeness (QED) is 0.746. The van der Waals surface area contributed by atoms with Crippen molar-refractivity contribution in [1.82, 2.24) is 9.55 Å². The van der Waals surface area contributed by atoms with Crippen LogP contribution in [0.3, 0.4) is 0 Å². The Hall–Kier alpha value is -2.82. The van der Waals surface area contributed by atoms with Crippen molar-refractivity contribution in [3.05, 3.63) is 64.6 Å². The highest BCUT2D eigenvalue weighted by Gasteiger charge is 2.06. The zero-order chi connectivity index (χ0) is 14.8. The van der Waals surface area contributed by atoms with Crippen molar-refractivity contribution >= 4 is 16.7 Å². The predicted octanol–water partition coefficient (Wildman–Crippen LogP) is 2.04. The van der Waals surface area contributed by atoms with Gasteiger partial charge in [0, 0.05) is 5.69 Å². The van der Waals surface area contributed by atoms with Gasteiger partial charge in [-0.05, 0) is 35.9 Å². The second-order valence-corrected chi connectivity index (χ2v) is 4.78. The first kappa shape index (κ1) is 13.2. The van der Waals surface area contributed by atoms with Crippen LogP contribution in [0.5, 0.6) is 5.75 Å². The minimum atomic E-state index is -0.149. The van der Waals surface area contributed by atoms with Crippen LogP contribution in [-0.2, 0) is 6.54 Å². The molecule has 0 aliphatic heterocycles. The number of nitrogens with two attached hydrogens (primary N) is 1. The highest BCUT2D eigenvalue weighted by atomic mass is 16.5. The molecule has 0 radical (unpaired) electrons. The number of rotatable bonds is 3. The molecule has 3 aromatic rings. The van der Waals surface area contributed by atoms with Gasteiger partial charge in [-0.3, -0.25) is 4.79 Å². The van der Waals surface area contributed by atoms with Gasteiger partial charge in [-0.1, -0.05) is 12.1 Å². The van der Waals surface area contributed by atoms with E-state index in [2.05, 4.69) is 4.98 Å². The Bertz CT molecular complexity index is 838. The van der Waals surface area contributed by atoms with Gasteiger partial charge in [0.05, 0.1) is 30.9 Å². The molecular formula is C16H15N3O2. The van der Waals surface area contributed by atoms with Gasteiger partial charge >= 0.3 is 0 Å². The van der Waals surface area contributed by atoms with Crippen LogP contribution in [0.15, 0.2) is 53.5 Å². The van der Waals surface area contributed by atoms with E-state index in [9.17, 15) is 4.79 Å². The number of methoxy groups -OCH3 is 1. The van der Waals surface area contributed by atoms with Crippen molar-refractivity contribution in [2.24, 2.45) is 0 Å². The molecule has 0 aliphatic rings. The molecule has 1 aromatic heterocycles. The van der Waals surface area contributed by atoms with Crippen molar-refractivity contribution in [1.29, 1.82) is 0 Å². The maximum Gasteiger partial charge on any atom is 0.269 e. The SMILES string of the molecule is COc1ccc(Cn2c(=O)cnc3ccc(N)cc32)cc1. The predicted molar refractivity (Wildman–Crippen MR) is 82.5 cm³/mol. The molecular weight excluding hydrogens is 266 g/mol. The van der Waals surface area contributed by atoms with Crippen LogP contribution in [0.25, 0.3) is 11.0 Å². The monoisotopic (exact) mass is 281 g/mol. The molecule has 0 saturated carbocycles. The van der Waals surface area contributed by atoms with Gasteiger partial charge in [0.1, 0.15) is 5.75 Å². The Balaban J connectivity index is 2.08. The van der Waals surface area contributed by atoms with Crippen molar-refractivity contribution in [3.8, 4) is 5.75 Å². The van der Waals surface area contributed by atoms with E-state index in [0.29, 0.717) is 12.2 Å². The Kier molecular flexibility index (Phi) is 3.31. The molecule has 0 bridgehead atoms. The normalized spacial score (nSPS) is 10.7. The third-order valence-corrected chi connectivity index (χ3v) is 3.37. The summed E-state index contributed by atoms with van der Waals surface area (Å²) in [6.07, 6.45) is 1.34. The van der Waals surface area contributed by atoms with Gasteiger partial charge in [0.15, 0.2) is 0 Å². The minimum absolute atomic E-state index is 0.149. The smallest absolute Gasteiger partial charge is 0.269 e. The van der Waals surface area contributed by atoms with Crippen molar-refractivity contribution in [2.45, 2.75) is 6.54 Å². The summed E-state index contributed by atoms with van der Waals surface area (Å²) in [5.41, 5.74) is 8.76. The third kappa shape index (κ3) is 2.58. The lowest BCUT2D eigenvalue weighted by atomic mass is 10.2. The number of benzene rings is 2. The lowest BCUT2D eigenvalue weighted by molar-refractivity contribution is 0.414. The highest BCUT2D eigenvalue weighted by Crippen LogP contribution is 2.16. The zero-order valence-corrected chi connectivity index (χ0v) is 11.6. The fourth-order valence-corrected chi connectivity index (χ4v) is 2.26. The number of anilines is 1. The van der Waals surface area contributed by atoms with Crippen molar-refractivity contribution in [2.75, 3.05) is 12.8 Å². The van der Waals surface area contributed by atoms with Gasteiger partial charge in [0.2, 0.25) is 0 Å². The van der Waals surface area contributed by atoms with E-state index >= 15 is 0 Å². The highest BCUT2D eigenvalue weighted by molar-refractivity contribution is 5.78. The number of nitrogens with zero attached hydrogens (tertiary/aromatic N) is 2. The summed E-state index contributed by atoms with van der Waals surface area (Å²) >= 11 is 0. The van der Waals surface area contributed by atoms with E-state index in [1.807, 2.05) is 30.3 Å². The molecule has 0 saturated heterocycles. The molecule has 2 aromatic carbocycles. The maximum atomic E-state index is 12.1. The number of nitrogen functional groups attached to an aromatic ring is 1. The molecule has 0 spiro atoms. The van der Waals surface area contributed by atoms with E-state index in [0.717, 1.165) is 22.3 Å². The average molecular weight is 281 g/mol. The Labute approximate surface area is 121 Å². The van der Waals surface area contributed by atoms with Crippen molar-refractivity contribution < 1.29 is 4.74 Å². The fourth-order valence-electron chi connectivity index (χ4n) is 2.26. The molecule has 5 heteroatoms. The summed E-state index contributed by atoms with van der Waals surface area (Å²) in [7, 11) is 1.62. The second-order valence-electron chi connectivity index (χ2n) is 4.78. The van der Waals surface area contributed by atoms with Crippen LogP contribution >= 0.6 is 0 Å². The van der Waals surface area contributed by atoms with Gasteiger partial charge in [0.25, 0.3) is 5.56 Å². The van der Waals surface area contributed by atoms with E-state index < -0.39 is 0 Å². The van der Waals surface area contributed by atoms with Crippen LogP contribution in [-0.4, -0.2) is 16.7 Å². The minimum Gasteiger partial charge on any atom is -0.497 e. The number of fused-ring (bicyclic) bond motifs is 1. The van der Waals surface area contributed by atoms with E-state index in [4.69, 9.17) is 10.5 Å². The van der Waals surface area contributed by atoms with Crippen LogP contribution in [0.2, 0.25) is 0 Å². The van der Waals surface area contributed by atoms with Gasteiger partial charge in [-0.2, -0.15) is 0 Å². The summed E-state index contributed by atoms with van der Waals surface area (Å²) in [6.45, 7) is 0.464. The van der Waals surface area contributed by atoms with E-state index in [1.165, 1.54) is 6.20 Å². The van der Waals surface area contributed by atoms with Gasteiger partial charge in [-0.15, -0.1) is 0 Å². The number of hydrogen-bond donors (Lipinski definition) is 1. The molecule has 5 nitrogen and oxygen atoms in total. The first-order valence-electron chi connectivity index (χ1n) is 6.55. The molecule has 0 atom stereocenters. The maximum absolute atomic E-state index is 12.1. The van der Waals surface area contributed by atoms with E-state index in [-0.39, 0.29) is 5.56 Å². The third-order valence-electron chi connectivity index (χ3n) is 3.37. The Morgan fingerprint density at radius 1 is 1.19 bits per heavy atom. The van der Waals surface area contributed by atoms with Crippen molar-refractivity contribution in [3.63, 3.8) is 0 Å². The topological polar surface area (TPSA) is 70.1 Å². The molecule has 3 rings (SSSR count). The Morgan fingerprint density at radius 2 is 1.95 bits per heavy atom. The summed E-state index contributed by atoms with van der Waals surface area (Å²) in [5, 5.41) is 0. The van der Waals surface area contributed by atoms with Gasteiger partial charge in [-0.25, -0.2) is 4.98 Å². The van der Waals surface area contributed by atoms with Crippen LogP contribution in [0.4, 0.5) is 5.69 Å². The summed E-state index contributed by atoms with van der Waals surface area (Å²) in [5.74, 6) is 0.787. The molecule has 1 heterocycles. The Morgan fingerprint density at radius 3 is 2.67 bits per heavy atom. The number of ether oxygens (including phenoxy) is 1. The average Bonchev–Trinajstić information content (AvgIpc) is 2.51. The standard InChI is InChI=1S/C16H15N3O2/c1-21-13-5-2-11(3-6-13)10-19-15-8-12(17)4-7-14(15)18-9-16(19)20/h2-9H,10,17H2,1H3. The largest absolute Gasteiger partial charge is 0.497 e. The number of aromatic nitrogens is 2. The van der Waals surface area contributed by atoms with Crippen LogP contribution in [0, 0.1) is 0 Å². The lowest BCUT2D eigenvalue weighted by Crippen LogP contribution is -2.21. The molecule has 0 aliphatic carbocycles. The molecule has 0 unspecified atom stereocenters. The first-order valence-corrected chi connectivity index (χ1v) is 6.55. The molecule has 0 fully saturated rings. The molecule has 21 heavy (non-hydrogen) atoms. The summed E-state index contributed by atoms with van der Waals surface area (Å²) in [6, 6.07) is 13.0. The lowest BCUT2D eigenvalue weighted by Gasteiger charge is -2.10. The molecule has 106 valence electrons. The number of hydrogen-bond acceptors (Lipinski definition) is 4. The summed E-state index contributed by atoms with van der Waals surface area (Å²) in [4.78, 5) is 16.2. The summed E-state index contributed by atoms with van der Waals surface area (Å²) < 4.78 is 6.80. The van der Waals surface area contributed by atoms with Crippen LogP contribution < -0.4 is 16.0 Å². The molecule has 0 amide bonds. The van der Waals surface area contributed by atoms with E-state index in [1.54, 1.807) is 23.8 Å². The van der Waals surface area contributed by atoms with Crippen LogP contribution in [0.1, 0.15) is 5.56 Å². The molecule has 2 N–H and O–H groups in total. The van der Waals surface area contributed by atoms with Gasteiger partial charge < -0.3 is 15.0 Å². The fraction of sp³-hybridized carbons (Fsp3) is 0.125. The first-order chi connectivity index (χ1) is 10.2.